The Bertz CT molecular complexity index is 1230. The van der Waals surface area contributed by atoms with Gasteiger partial charge in [-0.25, -0.2) is 18.7 Å². The second kappa shape index (κ2) is 9.80. The molecule has 11 heteroatoms. The summed E-state index contributed by atoms with van der Waals surface area (Å²) in [6, 6.07) is 4.13. The van der Waals surface area contributed by atoms with E-state index in [1.54, 1.807) is 26.2 Å². The quantitative estimate of drug-likeness (QED) is 0.385. The van der Waals surface area contributed by atoms with Gasteiger partial charge < -0.3 is 19.5 Å². The number of nitrogens with one attached hydrogen (secondary N) is 1. The van der Waals surface area contributed by atoms with Crippen LogP contribution in [0.2, 0.25) is 0 Å². The van der Waals surface area contributed by atoms with Crippen LogP contribution in [0.1, 0.15) is 29.8 Å². The molecule has 1 atom stereocenters. The van der Waals surface area contributed by atoms with Crippen molar-refractivity contribution in [3.63, 3.8) is 0 Å². The molecule has 0 bridgehead atoms. The molecular formula is C24H24F5N3O3. The molecule has 1 N–H and O–H groups in total. The molecule has 1 fully saturated rings. The first-order chi connectivity index (χ1) is 16.6. The summed E-state index contributed by atoms with van der Waals surface area (Å²) in [4.78, 5) is 8.68. The first kappa shape index (κ1) is 24.9. The van der Waals surface area contributed by atoms with Gasteiger partial charge in [-0.15, -0.1) is 0 Å². The molecule has 1 aliphatic carbocycles. The Labute approximate surface area is 198 Å². The zero-order valence-corrected chi connectivity index (χ0v) is 19.3. The summed E-state index contributed by atoms with van der Waals surface area (Å²) < 4.78 is 84.4. The molecule has 2 aromatic carbocycles. The van der Waals surface area contributed by atoms with Crippen LogP contribution in [0.5, 0.6) is 11.5 Å². The van der Waals surface area contributed by atoms with Gasteiger partial charge in [0, 0.05) is 30.7 Å². The number of ether oxygens (including phenoxy) is 3. The van der Waals surface area contributed by atoms with Crippen LogP contribution in [0, 0.1) is 24.5 Å². The summed E-state index contributed by atoms with van der Waals surface area (Å²) in [5, 5.41) is 3.29. The zero-order valence-electron chi connectivity index (χ0n) is 19.3. The lowest BCUT2D eigenvalue weighted by molar-refractivity contribution is -0.140. The Kier molecular flexibility index (Phi) is 6.98. The van der Waals surface area contributed by atoms with Crippen molar-refractivity contribution in [2.45, 2.75) is 38.6 Å². The van der Waals surface area contributed by atoms with Crippen LogP contribution in [0.25, 0.3) is 10.9 Å². The number of benzene rings is 2. The molecule has 3 aromatic rings. The minimum absolute atomic E-state index is 0.0685. The summed E-state index contributed by atoms with van der Waals surface area (Å²) in [5.41, 5.74) is -1.67. The van der Waals surface area contributed by atoms with Crippen LogP contribution < -0.4 is 14.8 Å². The van der Waals surface area contributed by atoms with E-state index in [2.05, 4.69) is 15.3 Å². The number of hydrogen-bond donors (Lipinski definition) is 1. The van der Waals surface area contributed by atoms with Gasteiger partial charge in [-0.1, -0.05) is 0 Å². The van der Waals surface area contributed by atoms with Crippen LogP contribution in [-0.2, 0) is 17.5 Å². The first-order valence-corrected chi connectivity index (χ1v) is 10.9. The minimum atomic E-state index is -5.03. The number of nitrogens with zero attached hydrogens (tertiary/aromatic N) is 2. The molecule has 1 aromatic heterocycles. The average Bonchev–Trinajstić information content (AvgIpc) is 3.63. The van der Waals surface area contributed by atoms with Crippen LogP contribution in [0.15, 0.2) is 24.3 Å². The number of methoxy groups -OCH3 is 2. The average molecular weight is 497 g/mol. The predicted octanol–water partition coefficient (Wildman–Crippen LogP) is 5.66. The Balaban J connectivity index is 1.65. The molecule has 0 saturated heterocycles. The molecule has 35 heavy (non-hydrogen) atoms. The van der Waals surface area contributed by atoms with E-state index in [4.69, 9.17) is 14.2 Å². The molecule has 0 spiro atoms. The lowest BCUT2D eigenvalue weighted by Gasteiger charge is -2.18. The molecule has 1 aliphatic rings. The van der Waals surface area contributed by atoms with E-state index in [0.29, 0.717) is 46.8 Å². The van der Waals surface area contributed by atoms with Gasteiger partial charge in [0.25, 0.3) is 0 Å². The lowest BCUT2D eigenvalue weighted by atomic mass is 10.1. The van der Waals surface area contributed by atoms with Gasteiger partial charge in [-0.05, 0) is 43.9 Å². The highest BCUT2D eigenvalue weighted by Gasteiger charge is 2.36. The highest BCUT2D eigenvalue weighted by atomic mass is 19.4. The predicted molar refractivity (Wildman–Crippen MR) is 119 cm³/mol. The second-order valence-corrected chi connectivity index (χ2v) is 8.34. The number of halogens is 5. The normalized spacial score (nSPS) is 14.7. The highest BCUT2D eigenvalue weighted by Crippen LogP contribution is 2.38. The van der Waals surface area contributed by atoms with Gasteiger partial charge in [0.15, 0.2) is 11.5 Å². The van der Waals surface area contributed by atoms with Gasteiger partial charge in [-0.3, -0.25) is 0 Å². The topological polar surface area (TPSA) is 65.5 Å². The van der Waals surface area contributed by atoms with Crippen LogP contribution in [0.3, 0.4) is 0 Å². The molecule has 1 heterocycles. The summed E-state index contributed by atoms with van der Waals surface area (Å²) in [7, 11) is 3.11. The van der Waals surface area contributed by atoms with Gasteiger partial charge >= 0.3 is 6.18 Å². The third-order valence-corrected chi connectivity index (χ3v) is 5.81. The molecule has 4 rings (SSSR count). The van der Waals surface area contributed by atoms with E-state index >= 15 is 0 Å². The van der Waals surface area contributed by atoms with Crippen molar-refractivity contribution in [1.82, 2.24) is 9.97 Å². The van der Waals surface area contributed by atoms with Crippen molar-refractivity contribution in [3.05, 3.63) is 52.9 Å². The maximum Gasteiger partial charge on any atom is 0.419 e. The van der Waals surface area contributed by atoms with Crippen molar-refractivity contribution in [2.75, 3.05) is 26.1 Å². The number of rotatable bonds is 9. The second-order valence-electron chi connectivity index (χ2n) is 8.34. The fraction of sp³-hybridized carbons (Fsp3) is 0.417. The van der Waals surface area contributed by atoms with Crippen LogP contribution in [-0.4, -0.2) is 36.9 Å². The molecule has 188 valence electrons. The maximum absolute atomic E-state index is 14.5. The first-order valence-electron chi connectivity index (χ1n) is 10.9. The van der Waals surface area contributed by atoms with Crippen LogP contribution >= 0.6 is 0 Å². The van der Waals surface area contributed by atoms with E-state index in [1.807, 2.05) is 0 Å². The summed E-state index contributed by atoms with van der Waals surface area (Å²) in [5.74, 6) is -0.881. The monoisotopic (exact) mass is 497 g/mol. The fourth-order valence-corrected chi connectivity index (χ4v) is 3.86. The Morgan fingerprint density at radius 3 is 2.43 bits per heavy atom. The number of anilines is 1. The zero-order chi connectivity index (χ0) is 25.3. The minimum Gasteiger partial charge on any atom is -0.493 e. The number of alkyl halides is 3. The molecule has 6 nitrogen and oxygen atoms in total. The molecular weight excluding hydrogens is 473 g/mol. The number of hydrogen-bond acceptors (Lipinski definition) is 6. The van der Waals surface area contributed by atoms with Crippen molar-refractivity contribution in [3.8, 4) is 11.5 Å². The summed E-state index contributed by atoms with van der Waals surface area (Å²) in [6.45, 7) is 1.49. The number of aromatic nitrogens is 2. The van der Waals surface area contributed by atoms with Gasteiger partial charge in [0.2, 0.25) is 0 Å². The molecule has 0 radical (unpaired) electrons. The highest BCUT2D eigenvalue weighted by molar-refractivity contribution is 5.91. The molecule has 0 aliphatic heterocycles. The van der Waals surface area contributed by atoms with Crippen LogP contribution in [0.4, 0.5) is 27.8 Å². The SMILES string of the molecule is COc1cc2nc(C)nc(NCc3cc(F)cc(C(F)(F)F)c3F)c2cc1OCC(OC)C1CC1. The van der Waals surface area contributed by atoms with E-state index in [0.717, 1.165) is 12.8 Å². The lowest BCUT2D eigenvalue weighted by Crippen LogP contribution is -2.22. The van der Waals surface area contributed by atoms with Crippen molar-refractivity contribution in [1.29, 1.82) is 0 Å². The van der Waals surface area contributed by atoms with E-state index in [9.17, 15) is 22.0 Å². The van der Waals surface area contributed by atoms with Crippen molar-refractivity contribution < 1.29 is 36.2 Å². The third-order valence-electron chi connectivity index (χ3n) is 5.81. The Morgan fingerprint density at radius 2 is 1.80 bits per heavy atom. The van der Waals surface area contributed by atoms with Crippen molar-refractivity contribution >= 4 is 16.7 Å². The third kappa shape index (κ3) is 5.55. The molecule has 0 amide bonds. The van der Waals surface area contributed by atoms with E-state index in [1.165, 1.54) is 7.11 Å². The Morgan fingerprint density at radius 1 is 1.06 bits per heavy atom. The molecule has 1 unspecified atom stereocenters. The van der Waals surface area contributed by atoms with E-state index in [-0.39, 0.29) is 18.0 Å². The number of fused-ring (bicyclic) bond motifs is 1. The summed E-state index contributed by atoms with van der Waals surface area (Å²) >= 11 is 0. The smallest absolute Gasteiger partial charge is 0.419 e. The van der Waals surface area contributed by atoms with Crippen molar-refractivity contribution in [2.24, 2.45) is 5.92 Å². The Hall–Kier alpha value is -3.21. The number of aryl methyl sites for hydroxylation is 1. The molecule has 1 saturated carbocycles. The maximum atomic E-state index is 14.5. The fourth-order valence-electron chi connectivity index (χ4n) is 3.86. The standard InChI is InChI=1S/C24H24F5N3O3/c1-12-31-18-9-19(33-2)20(35-11-21(34-3)13-4-5-13)8-16(18)23(32-12)30-10-14-6-15(25)7-17(22(14)26)24(27,28)29/h6-9,13,21H,4-5,10-11H2,1-3H3,(H,30,31,32). The van der Waals surface area contributed by atoms with Gasteiger partial charge in [0.1, 0.15) is 29.9 Å². The van der Waals surface area contributed by atoms with E-state index < -0.39 is 35.5 Å². The largest absolute Gasteiger partial charge is 0.493 e. The van der Waals surface area contributed by atoms with Gasteiger partial charge in [-0.2, -0.15) is 13.2 Å². The summed E-state index contributed by atoms with van der Waals surface area (Å²) in [6.07, 6.45) is -2.95. The van der Waals surface area contributed by atoms with Gasteiger partial charge in [0.05, 0.1) is 24.3 Å².